The van der Waals surface area contributed by atoms with E-state index in [1.807, 2.05) is 36.2 Å². The summed E-state index contributed by atoms with van der Waals surface area (Å²) in [5, 5.41) is 2.96. The van der Waals surface area contributed by atoms with E-state index in [0.29, 0.717) is 24.3 Å². The summed E-state index contributed by atoms with van der Waals surface area (Å²) in [5.41, 5.74) is 0.933. The van der Waals surface area contributed by atoms with E-state index >= 15 is 0 Å². The van der Waals surface area contributed by atoms with Gasteiger partial charge in [0.2, 0.25) is 11.8 Å². The Balaban J connectivity index is 1.46. The van der Waals surface area contributed by atoms with Crippen LogP contribution in [0.1, 0.15) is 57.1 Å². The third-order valence-corrected chi connectivity index (χ3v) is 7.29. The largest absolute Gasteiger partial charge is 0.497 e. The van der Waals surface area contributed by atoms with Crippen molar-refractivity contribution in [1.82, 2.24) is 10.2 Å². The molecule has 1 atom stereocenters. The van der Waals surface area contributed by atoms with Crippen LogP contribution in [-0.4, -0.2) is 36.9 Å². The average molecular weight is 385 g/mol. The molecule has 0 heterocycles. The van der Waals surface area contributed by atoms with Gasteiger partial charge in [-0.25, -0.2) is 0 Å². The summed E-state index contributed by atoms with van der Waals surface area (Å²) in [5.74, 6) is 3.92. The number of amides is 2. The molecule has 5 nitrogen and oxygen atoms in total. The van der Waals surface area contributed by atoms with Crippen molar-refractivity contribution < 1.29 is 14.3 Å². The molecule has 4 fully saturated rings. The van der Waals surface area contributed by atoms with E-state index in [1.165, 1.54) is 39.0 Å². The molecule has 0 aromatic heterocycles. The van der Waals surface area contributed by atoms with Crippen molar-refractivity contribution in [2.45, 2.75) is 57.5 Å². The van der Waals surface area contributed by atoms with Crippen LogP contribution < -0.4 is 10.1 Å². The number of nitrogens with zero attached hydrogens (tertiary/aromatic N) is 1. The highest BCUT2D eigenvalue weighted by Crippen LogP contribution is 2.55. The van der Waals surface area contributed by atoms with Gasteiger partial charge in [-0.05, 0) is 73.5 Å². The van der Waals surface area contributed by atoms with Gasteiger partial charge >= 0.3 is 0 Å². The molecule has 4 aliphatic rings. The maximum atomic E-state index is 13.2. The van der Waals surface area contributed by atoms with Crippen molar-refractivity contribution in [3.63, 3.8) is 0 Å². The number of nitrogens with one attached hydrogen (secondary N) is 1. The summed E-state index contributed by atoms with van der Waals surface area (Å²) < 4.78 is 5.22. The normalized spacial score (nSPS) is 31.3. The number of benzene rings is 1. The van der Waals surface area contributed by atoms with Crippen LogP contribution in [0.5, 0.6) is 5.75 Å². The van der Waals surface area contributed by atoms with Gasteiger partial charge in [0.05, 0.1) is 19.6 Å². The molecule has 4 saturated carbocycles. The van der Waals surface area contributed by atoms with E-state index in [-0.39, 0.29) is 17.9 Å². The van der Waals surface area contributed by atoms with Crippen LogP contribution in [0.25, 0.3) is 0 Å². The van der Waals surface area contributed by atoms with Gasteiger partial charge in [0.1, 0.15) is 5.75 Å². The van der Waals surface area contributed by atoms with Crippen molar-refractivity contribution in [3.05, 3.63) is 29.8 Å². The lowest BCUT2D eigenvalue weighted by Gasteiger charge is -2.56. The minimum atomic E-state index is -0.310. The van der Waals surface area contributed by atoms with E-state index in [9.17, 15) is 9.59 Å². The molecule has 0 aliphatic heterocycles. The van der Waals surface area contributed by atoms with E-state index in [0.717, 1.165) is 23.1 Å². The van der Waals surface area contributed by atoms with Gasteiger partial charge < -0.3 is 15.0 Å². The third kappa shape index (κ3) is 3.76. The maximum absolute atomic E-state index is 13.2. The van der Waals surface area contributed by atoms with Gasteiger partial charge in [-0.15, -0.1) is 0 Å². The van der Waals surface area contributed by atoms with Crippen molar-refractivity contribution in [1.29, 1.82) is 0 Å². The minimum absolute atomic E-state index is 0.120. The minimum Gasteiger partial charge on any atom is -0.497 e. The number of ether oxygens (including phenoxy) is 1. The first-order valence-corrected chi connectivity index (χ1v) is 10.6. The number of rotatable bonds is 6. The van der Waals surface area contributed by atoms with E-state index in [1.54, 1.807) is 7.11 Å². The van der Waals surface area contributed by atoms with Crippen LogP contribution in [0.15, 0.2) is 24.3 Å². The Kier molecular flexibility index (Phi) is 5.35. The Hall–Kier alpha value is -2.04. The standard InChI is InChI=1S/C23H32N2O3/c1-14(26)24-21(17-4-6-20(28-3)7-5-17)13-22(27)25(2)23-18-9-15-8-16(11-18)12-19(23)10-15/h4-7,15-16,18-19,21,23H,8-13H2,1-3H3,(H,24,26). The van der Waals surface area contributed by atoms with Crippen molar-refractivity contribution in [2.75, 3.05) is 14.2 Å². The highest BCUT2D eigenvalue weighted by atomic mass is 16.5. The van der Waals surface area contributed by atoms with Crippen LogP contribution in [0.2, 0.25) is 0 Å². The molecule has 4 aliphatic carbocycles. The molecule has 0 saturated heterocycles. The highest BCUT2D eigenvalue weighted by molar-refractivity contribution is 5.79. The van der Waals surface area contributed by atoms with Crippen LogP contribution in [0.3, 0.4) is 0 Å². The zero-order valence-electron chi connectivity index (χ0n) is 17.2. The van der Waals surface area contributed by atoms with Gasteiger partial charge in [0, 0.05) is 20.0 Å². The SMILES string of the molecule is COc1ccc(C(CC(=O)N(C)C2C3CC4CC(C3)CC2C4)NC(C)=O)cc1. The Morgan fingerprint density at radius 2 is 1.64 bits per heavy atom. The molecule has 0 radical (unpaired) electrons. The van der Waals surface area contributed by atoms with E-state index < -0.39 is 0 Å². The summed E-state index contributed by atoms with van der Waals surface area (Å²) >= 11 is 0. The van der Waals surface area contributed by atoms with Gasteiger partial charge in [-0.1, -0.05) is 12.1 Å². The topological polar surface area (TPSA) is 58.6 Å². The van der Waals surface area contributed by atoms with Gasteiger partial charge in [0.15, 0.2) is 0 Å². The Labute approximate surface area is 167 Å². The van der Waals surface area contributed by atoms with Gasteiger partial charge in [-0.2, -0.15) is 0 Å². The van der Waals surface area contributed by atoms with Crippen LogP contribution >= 0.6 is 0 Å². The lowest BCUT2D eigenvalue weighted by atomic mass is 9.54. The summed E-state index contributed by atoms with van der Waals surface area (Å²) in [6.07, 6.45) is 6.89. The molecule has 4 bridgehead atoms. The van der Waals surface area contributed by atoms with E-state index in [4.69, 9.17) is 4.74 Å². The molecular formula is C23H32N2O3. The first kappa shape index (κ1) is 19.3. The van der Waals surface area contributed by atoms with Gasteiger partial charge in [-0.3, -0.25) is 9.59 Å². The number of hydrogen-bond acceptors (Lipinski definition) is 3. The maximum Gasteiger partial charge on any atom is 0.224 e. The summed E-state index contributed by atoms with van der Waals surface area (Å²) in [4.78, 5) is 27.0. The lowest BCUT2D eigenvalue weighted by Crippen LogP contribution is -2.56. The van der Waals surface area contributed by atoms with Crippen LogP contribution in [0.4, 0.5) is 0 Å². The zero-order valence-corrected chi connectivity index (χ0v) is 17.2. The predicted molar refractivity (Wildman–Crippen MR) is 108 cm³/mol. The van der Waals surface area contributed by atoms with Crippen molar-refractivity contribution in [3.8, 4) is 5.75 Å². The molecule has 5 heteroatoms. The first-order valence-electron chi connectivity index (χ1n) is 10.6. The molecule has 1 unspecified atom stereocenters. The number of methoxy groups -OCH3 is 1. The lowest BCUT2D eigenvalue weighted by molar-refractivity contribution is -0.141. The highest BCUT2D eigenvalue weighted by Gasteiger charge is 2.50. The molecule has 28 heavy (non-hydrogen) atoms. The fourth-order valence-electron chi connectivity index (χ4n) is 6.35. The molecule has 5 rings (SSSR count). The van der Waals surface area contributed by atoms with Crippen LogP contribution in [-0.2, 0) is 9.59 Å². The zero-order chi connectivity index (χ0) is 19.8. The molecule has 1 aromatic rings. The number of carbonyl (C=O) groups excluding carboxylic acids is 2. The van der Waals surface area contributed by atoms with Crippen molar-refractivity contribution >= 4 is 11.8 Å². The molecule has 1 N–H and O–H groups in total. The second-order valence-corrected chi connectivity index (χ2v) is 9.16. The Bertz CT molecular complexity index is 702. The monoisotopic (exact) mass is 384 g/mol. The smallest absolute Gasteiger partial charge is 0.224 e. The molecular weight excluding hydrogens is 352 g/mol. The average Bonchev–Trinajstić information content (AvgIpc) is 2.66. The van der Waals surface area contributed by atoms with Gasteiger partial charge in [0.25, 0.3) is 0 Å². The molecule has 1 aromatic carbocycles. The Morgan fingerprint density at radius 3 is 2.14 bits per heavy atom. The fourth-order valence-corrected chi connectivity index (χ4v) is 6.35. The fraction of sp³-hybridized carbons (Fsp3) is 0.652. The van der Waals surface area contributed by atoms with E-state index in [2.05, 4.69) is 5.32 Å². The number of hydrogen-bond donors (Lipinski definition) is 1. The first-order chi connectivity index (χ1) is 13.4. The van der Waals surface area contributed by atoms with Crippen LogP contribution in [0, 0.1) is 23.7 Å². The predicted octanol–water partition coefficient (Wildman–Crippen LogP) is 3.55. The molecule has 152 valence electrons. The quantitative estimate of drug-likeness (QED) is 0.816. The second-order valence-electron chi connectivity index (χ2n) is 9.16. The Morgan fingerprint density at radius 1 is 1.07 bits per heavy atom. The molecule has 2 amide bonds. The number of carbonyl (C=O) groups is 2. The van der Waals surface area contributed by atoms with Crippen molar-refractivity contribution in [2.24, 2.45) is 23.7 Å². The molecule has 0 spiro atoms. The second kappa shape index (κ2) is 7.76. The summed E-state index contributed by atoms with van der Waals surface area (Å²) in [6, 6.07) is 7.67. The third-order valence-electron chi connectivity index (χ3n) is 7.29. The summed E-state index contributed by atoms with van der Waals surface area (Å²) in [7, 11) is 3.61. The summed E-state index contributed by atoms with van der Waals surface area (Å²) in [6.45, 7) is 1.50.